The van der Waals surface area contributed by atoms with Crippen LogP contribution in [-0.4, -0.2) is 36.4 Å². The van der Waals surface area contributed by atoms with E-state index in [0.29, 0.717) is 11.8 Å². The van der Waals surface area contributed by atoms with Gasteiger partial charge in [0.1, 0.15) is 5.75 Å². The lowest BCUT2D eigenvalue weighted by Crippen LogP contribution is -2.40. The number of rotatable bonds is 6. The molecule has 0 aromatic heterocycles. The summed E-state index contributed by atoms with van der Waals surface area (Å²) in [6.45, 7) is 4.48. The maximum Gasteiger partial charge on any atom is 0.253 e. The van der Waals surface area contributed by atoms with Crippen molar-refractivity contribution >= 4 is 17.5 Å². The lowest BCUT2D eigenvalue weighted by molar-refractivity contribution is 0.0685. The van der Waals surface area contributed by atoms with Crippen molar-refractivity contribution < 1.29 is 9.53 Å². The molecule has 0 radical (unpaired) electrons. The minimum atomic E-state index is 0.102. The van der Waals surface area contributed by atoms with Crippen LogP contribution in [0.3, 0.4) is 0 Å². The number of piperidine rings is 1. The van der Waals surface area contributed by atoms with Crippen LogP contribution in [0, 0.1) is 5.92 Å². The number of halogens is 1. The minimum Gasteiger partial charge on any atom is -0.494 e. The van der Waals surface area contributed by atoms with E-state index in [-0.39, 0.29) is 5.91 Å². The van der Waals surface area contributed by atoms with Crippen molar-refractivity contribution in [2.24, 2.45) is 5.92 Å². The second-order valence-electron chi connectivity index (χ2n) is 5.64. The Morgan fingerprint density at radius 2 is 2.14 bits per heavy atom. The zero-order valence-corrected chi connectivity index (χ0v) is 13.4. The first-order valence-electron chi connectivity index (χ1n) is 7.82. The molecule has 2 rings (SSSR count). The van der Waals surface area contributed by atoms with E-state index in [4.69, 9.17) is 16.3 Å². The number of ether oxygens (including phenoxy) is 1. The first-order chi connectivity index (χ1) is 10.2. The summed E-state index contributed by atoms with van der Waals surface area (Å²) in [7, 11) is 0. The molecule has 1 aromatic rings. The highest BCUT2D eigenvalue weighted by Crippen LogP contribution is 2.20. The number of hydrogen-bond donors (Lipinski definition) is 0. The average molecular weight is 310 g/mol. The molecule has 116 valence electrons. The highest BCUT2D eigenvalue weighted by molar-refractivity contribution is 6.18. The van der Waals surface area contributed by atoms with E-state index >= 15 is 0 Å². The number of carbonyl (C=O) groups excluding carboxylic acids is 1. The molecule has 1 aliphatic rings. The predicted octanol–water partition coefficient (Wildman–Crippen LogP) is 3.96. The highest BCUT2D eigenvalue weighted by atomic mass is 35.5. The van der Waals surface area contributed by atoms with Gasteiger partial charge in [-0.15, -0.1) is 11.6 Å². The van der Waals surface area contributed by atoms with Gasteiger partial charge in [-0.2, -0.15) is 0 Å². The Morgan fingerprint density at radius 1 is 1.38 bits per heavy atom. The van der Waals surface area contributed by atoms with Gasteiger partial charge in [0.15, 0.2) is 0 Å². The summed E-state index contributed by atoms with van der Waals surface area (Å²) in [5, 5.41) is 0. The summed E-state index contributed by atoms with van der Waals surface area (Å²) < 4.78 is 5.62. The molecule has 0 bridgehead atoms. The third kappa shape index (κ3) is 4.63. The molecule has 1 saturated heterocycles. The van der Waals surface area contributed by atoms with Crippen LogP contribution < -0.4 is 4.74 Å². The van der Waals surface area contributed by atoms with Gasteiger partial charge in [-0.3, -0.25) is 4.79 Å². The number of likely N-dealkylation sites (tertiary alicyclic amines) is 1. The molecular formula is C17H24ClNO2. The first kappa shape index (κ1) is 16.2. The molecule has 0 saturated carbocycles. The zero-order chi connectivity index (χ0) is 15.1. The van der Waals surface area contributed by atoms with E-state index in [1.54, 1.807) is 0 Å². The smallest absolute Gasteiger partial charge is 0.253 e. The summed E-state index contributed by atoms with van der Waals surface area (Å²) in [5.74, 6) is 2.00. The largest absolute Gasteiger partial charge is 0.494 e. The van der Waals surface area contributed by atoms with Crippen molar-refractivity contribution in [3.8, 4) is 5.75 Å². The van der Waals surface area contributed by atoms with E-state index < -0.39 is 0 Å². The number of unbranched alkanes of at least 4 members (excludes halogenated alkanes) is 1. The van der Waals surface area contributed by atoms with Gasteiger partial charge in [-0.1, -0.05) is 13.3 Å². The number of alkyl halides is 1. The van der Waals surface area contributed by atoms with E-state index in [0.717, 1.165) is 56.7 Å². The fourth-order valence-electron chi connectivity index (χ4n) is 2.59. The molecule has 21 heavy (non-hydrogen) atoms. The van der Waals surface area contributed by atoms with Crippen LogP contribution in [0.1, 0.15) is 43.0 Å². The number of amides is 1. The van der Waals surface area contributed by atoms with E-state index in [9.17, 15) is 4.79 Å². The second-order valence-corrected chi connectivity index (χ2v) is 5.95. The highest BCUT2D eigenvalue weighted by Gasteiger charge is 2.23. The monoisotopic (exact) mass is 309 g/mol. The molecule has 0 aliphatic carbocycles. The third-order valence-corrected chi connectivity index (χ3v) is 4.33. The van der Waals surface area contributed by atoms with Crippen molar-refractivity contribution in [1.82, 2.24) is 4.90 Å². The van der Waals surface area contributed by atoms with Gasteiger partial charge in [0.25, 0.3) is 5.91 Å². The first-order valence-corrected chi connectivity index (χ1v) is 8.36. The van der Waals surface area contributed by atoms with Gasteiger partial charge in [0.2, 0.25) is 0 Å². The number of carbonyl (C=O) groups is 1. The third-order valence-electron chi connectivity index (χ3n) is 3.89. The molecule has 1 amide bonds. The number of hydrogen-bond acceptors (Lipinski definition) is 2. The van der Waals surface area contributed by atoms with E-state index in [1.165, 1.54) is 0 Å². The van der Waals surface area contributed by atoms with Crippen LogP contribution in [0.25, 0.3) is 0 Å². The van der Waals surface area contributed by atoms with Crippen LogP contribution in [0.5, 0.6) is 5.75 Å². The van der Waals surface area contributed by atoms with E-state index in [1.807, 2.05) is 29.2 Å². The molecule has 1 fully saturated rings. The van der Waals surface area contributed by atoms with Crippen molar-refractivity contribution in [1.29, 1.82) is 0 Å². The quantitative estimate of drug-likeness (QED) is 0.588. The van der Waals surface area contributed by atoms with Gasteiger partial charge in [-0.05, 0) is 49.4 Å². The van der Waals surface area contributed by atoms with Crippen LogP contribution >= 0.6 is 11.6 Å². The Bertz CT molecular complexity index is 447. The van der Waals surface area contributed by atoms with Gasteiger partial charge in [-0.25, -0.2) is 0 Å². The molecule has 4 heteroatoms. The molecule has 1 atom stereocenters. The SMILES string of the molecule is CCCCOc1ccc(C(=O)N2CCCC(CCl)C2)cc1. The van der Waals surface area contributed by atoms with Crippen molar-refractivity contribution in [3.63, 3.8) is 0 Å². The fourth-order valence-corrected chi connectivity index (χ4v) is 2.84. The Labute approximate surface area is 132 Å². The van der Waals surface area contributed by atoms with Crippen LogP contribution in [0.2, 0.25) is 0 Å². The summed E-state index contributed by atoms with van der Waals surface area (Å²) in [4.78, 5) is 14.4. The Hall–Kier alpha value is -1.22. The van der Waals surface area contributed by atoms with Crippen LogP contribution in [0.15, 0.2) is 24.3 Å². The lowest BCUT2D eigenvalue weighted by Gasteiger charge is -2.31. The standard InChI is InChI=1S/C17H24ClNO2/c1-2-3-11-21-16-8-6-15(7-9-16)17(20)19-10-4-5-14(12-18)13-19/h6-9,14H,2-5,10-13H2,1H3. The molecule has 1 aromatic carbocycles. The maximum absolute atomic E-state index is 12.5. The molecular weight excluding hydrogens is 286 g/mol. The average Bonchev–Trinajstić information content (AvgIpc) is 2.55. The topological polar surface area (TPSA) is 29.5 Å². The molecule has 1 unspecified atom stereocenters. The normalized spacial score (nSPS) is 18.6. The van der Waals surface area contributed by atoms with Crippen LogP contribution in [-0.2, 0) is 0 Å². The van der Waals surface area contributed by atoms with Gasteiger partial charge in [0, 0.05) is 24.5 Å². The van der Waals surface area contributed by atoms with Gasteiger partial charge < -0.3 is 9.64 Å². The fraction of sp³-hybridized carbons (Fsp3) is 0.588. The van der Waals surface area contributed by atoms with Gasteiger partial charge in [0.05, 0.1) is 6.61 Å². The Kier molecular flexibility index (Phi) is 6.37. The minimum absolute atomic E-state index is 0.102. The summed E-state index contributed by atoms with van der Waals surface area (Å²) >= 11 is 5.92. The molecule has 1 aliphatic heterocycles. The van der Waals surface area contributed by atoms with Crippen molar-refractivity contribution in [2.45, 2.75) is 32.6 Å². The van der Waals surface area contributed by atoms with Crippen LogP contribution in [0.4, 0.5) is 0 Å². The summed E-state index contributed by atoms with van der Waals surface area (Å²) in [5.41, 5.74) is 0.730. The van der Waals surface area contributed by atoms with E-state index in [2.05, 4.69) is 6.92 Å². The summed E-state index contributed by atoms with van der Waals surface area (Å²) in [6.07, 6.45) is 4.33. The zero-order valence-electron chi connectivity index (χ0n) is 12.7. The van der Waals surface area contributed by atoms with Gasteiger partial charge >= 0.3 is 0 Å². The predicted molar refractivity (Wildman–Crippen MR) is 86.2 cm³/mol. The molecule has 0 N–H and O–H groups in total. The molecule has 3 nitrogen and oxygen atoms in total. The number of benzene rings is 1. The Balaban J connectivity index is 1.93. The molecule has 1 heterocycles. The van der Waals surface area contributed by atoms with Crippen molar-refractivity contribution in [2.75, 3.05) is 25.6 Å². The number of nitrogens with zero attached hydrogens (tertiary/aromatic N) is 1. The maximum atomic E-state index is 12.5. The second kappa shape index (κ2) is 8.28. The molecule has 0 spiro atoms. The summed E-state index contributed by atoms with van der Waals surface area (Å²) in [6, 6.07) is 7.47. The lowest BCUT2D eigenvalue weighted by atomic mass is 9.99. The van der Waals surface area contributed by atoms with Crippen molar-refractivity contribution in [3.05, 3.63) is 29.8 Å². The Morgan fingerprint density at radius 3 is 2.81 bits per heavy atom.